The molecule has 1 aromatic rings. The van der Waals surface area contributed by atoms with Crippen LogP contribution in [-0.4, -0.2) is 12.8 Å². The molecular weight excluding hydrogens is 207 g/mol. The van der Waals surface area contributed by atoms with Crippen molar-refractivity contribution in [1.82, 2.24) is 0 Å². The SMILES string of the molecule is CC(C)CCOc1cc(F)cc(C=NN)c1. The molecule has 0 unspecified atom stereocenters. The summed E-state index contributed by atoms with van der Waals surface area (Å²) in [7, 11) is 0. The summed E-state index contributed by atoms with van der Waals surface area (Å²) in [5.41, 5.74) is 0.599. The molecule has 3 nitrogen and oxygen atoms in total. The number of nitrogens with two attached hydrogens (primary N) is 1. The van der Waals surface area contributed by atoms with Crippen molar-refractivity contribution < 1.29 is 9.13 Å². The first-order valence-corrected chi connectivity index (χ1v) is 5.28. The normalized spacial score (nSPS) is 11.2. The summed E-state index contributed by atoms with van der Waals surface area (Å²) in [6.45, 7) is 4.81. The molecule has 0 spiro atoms. The minimum Gasteiger partial charge on any atom is -0.493 e. The van der Waals surface area contributed by atoms with Crippen LogP contribution >= 0.6 is 0 Å². The van der Waals surface area contributed by atoms with Crippen molar-refractivity contribution in [3.05, 3.63) is 29.6 Å². The standard InChI is InChI=1S/C12H17FN2O/c1-9(2)3-4-16-12-6-10(8-15-14)5-11(13)7-12/h5-9H,3-4,14H2,1-2H3. The molecule has 1 aromatic carbocycles. The Balaban J connectivity index is 2.65. The summed E-state index contributed by atoms with van der Waals surface area (Å²) in [6, 6.07) is 4.42. The van der Waals surface area contributed by atoms with Crippen LogP contribution in [0, 0.1) is 11.7 Å². The van der Waals surface area contributed by atoms with Gasteiger partial charge in [-0.1, -0.05) is 13.8 Å². The highest BCUT2D eigenvalue weighted by Gasteiger charge is 2.01. The predicted molar refractivity (Wildman–Crippen MR) is 63.1 cm³/mol. The average molecular weight is 224 g/mol. The Morgan fingerprint density at radius 1 is 1.44 bits per heavy atom. The van der Waals surface area contributed by atoms with Gasteiger partial charge in [-0.25, -0.2) is 4.39 Å². The molecule has 0 atom stereocenters. The first-order valence-electron chi connectivity index (χ1n) is 5.28. The zero-order valence-corrected chi connectivity index (χ0v) is 9.61. The van der Waals surface area contributed by atoms with E-state index in [1.54, 1.807) is 6.07 Å². The molecule has 0 aliphatic carbocycles. The van der Waals surface area contributed by atoms with E-state index in [4.69, 9.17) is 10.6 Å². The van der Waals surface area contributed by atoms with Gasteiger partial charge in [-0.3, -0.25) is 0 Å². The van der Waals surface area contributed by atoms with Crippen LogP contribution in [0.15, 0.2) is 23.3 Å². The van der Waals surface area contributed by atoms with E-state index in [9.17, 15) is 4.39 Å². The van der Waals surface area contributed by atoms with Crippen molar-refractivity contribution in [2.75, 3.05) is 6.61 Å². The van der Waals surface area contributed by atoms with Gasteiger partial charge in [0, 0.05) is 11.6 Å². The Hall–Kier alpha value is -1.58. The molecule has 0 aliphatic heterocycles. The van der Waals surface area contributed by atoms with Crippen molar-refractivity contribution in [3.63, 3.8) is 0 Å². The number of ether oxygens (including phenoxy) is 1. The number of benzene rings is 1. The molecule has 0 fully saturated rings. The summed E-state index contributed by atoms with van der Waals surface area (Å²) in [5, 5.41) is 3.35. The number of hydrogen-bond acceptors (Lipinski definition) is 3. The zero-order chi connectivity index (χ0) is 12.0. The first kappa shape index (κ1) is 12.5. The van der Waals surface area contributed by atoms with Gasteiger partial charge in [-0.15, -0.1) is 0 Å². The molecule has 0 heterocycles. The van der Waals surface area contributed by atoms with Gasteiger partial charge in [-0.05, 0) is 24.5 Å². The summed E-state index contributed by atoms with van der Waals surface area (Å²) >= 11 is 0. The van der Waals surface area contributed by atoms with Gasteiger partial charge >= 0.3 is 0 Å². The molecule has 0 aliphatic rings. The van der Waals surface area contributed by atoms with Crippen molar-refractivity contribution in [3.8, 4) is 5.75 Å². The van der Waals surface area contributed by atoms with Crippen LogP contribution in [0.5, 0.6) is 5.75 Å². The van der Waals surface area contributed by atoms with E-state index < -0.39 is 0 Å². The summed E-state index contributed by atoms with van der Waals surface area (Å²) < 4.78 is 18.6. The lowest BCUT2D eigenvalue weighted by atomic mass is 10.1. The zero-order valence-electron chi connectivity index (χ0n) is 9.61. The highest BCUT2D eigenvalue weighted by molar-refractivity contribution is 5.79. The van der Waals surface area contributed by atoms with Crippen molar-refractivity contribution in [2.45, 2.75) is 20.3 Å². The molecule has 0 saturated heterocycles. The highest BCUT2D eigenvalue weighted by Crippen LogP contribution is 2.16. The Kier molecular flexibility index (Phi) is 4.76. The Labute approximate surface area is 95.1 Å². The predicted octanol–water partition coefficient (Wildman–Crippen LogP) is 2.54. The number of rotatable bonds is 5. The Morgan fingerprint density at radius 2 is 2.19 bits per heavy atom. The quantitative estimate of drug-likeness (QED) is 0.474. The lowest BCUT2D eigenvalue weighted by molar-refractivity contribution is 0.288. The first-order chi connectivity index (χ1) is 7.61. The van der Waals surface area contributed by atoms with E-state index in [1.165, 1.54) is 18.3 Å². The van der Waals surface area contributed by atoms with Crippen LogP contribution in [0.25, 0.3) is 0 Å². The summed E-state index contributed by atoms with van der Waals surface area (Å²) in [5.74, 6) is 5.73. The minimum atomic E-state index is -0.350. The largest absolute Gasteiger partial charge is 0.493 e. The van der Waals surface area contributed by atoms with E-state index >= 15 is 0 Å². The molecule has 0 aromatic heterocycles. The topological polar surface area (TPSA) is 47.6 Å². The molecule has 0 bridgehead atoms. The molecule has 0 amide bonds. The van der Waals surface area contributed by atoms with Gasteiger partial charge in [0.25, 0.3) is 0 Å². The van der Waals surface area contributed by atoms with E-state index in [0.29, 0.717) is 23.8 Å². The van der Waals surface area contributed by atoms with E-state index in [0.717, 1.165) is 6.42 Å². The van der Waals surface area contributed by atoms with Crippen molar-refractivity contribution in [1.29, 1.82) is 0 Å². The number of hydrogen-bond donors (Lipinski definition) is 1. The second-order valence-corrected chi connectivity index (χ2v) is 4.03. The van der Waals surface area contributed by atoms with Crippen LogP contribution < -0.4 is 10.6 Å². The van der Waals surface area contributed by atoms with Crippen LogP contribution in [0.2, 0.25) is 0 Å². The maximum Gasteiger partial charge on any atom is 0.127 e. The lowest BCUT2D eigenvalue weighted by Crippen LogP contribution is -2.02. The van der Waals surface area contributed by atoms with Gasteiger partial charge in [0.05, 0.1) is 12.8 Å². The van der Waals surface area contributed by atoms with Crippen molar-refractivity contribution in [2.24, 2.45) is 16.9 Å². The minimum absolute atomic E-state index is 0.350. The molecule has 4 heteroatoms. The van der Waals surface area contributed by atoms with Gasteiger partial charge in [-0.2, -0.15) is 5.10 Å². The van der Waals surface area contributed by atoms with Gasteiger partial charge in [0.1, 0.15) is 11.6 Å². The number of halogens is 1. The van der Waals surface area contributed by atoms with Crippen LogP contribution in [0.3, 0.4) is 0 Å². The fourth-order valence-corrected chi connectivity index (χ4v) is 1.24. The van der Waals surface area contributed by atoms with Gasteiger partial charge in [0.2, 0.25) is 0 Å². The molecule has 1 rings (SSSR count). The molecule has 88 valence electrons. The second kappa shape index (κ2) is 6.10. The van der Waals surface area contributed by atoms with Crippen molar-refractivity contribution >= 4 is 6.21 Å². The van der Waals surface area contributed by atoms with Crippen LogP contribution in [0.4, 0.5) is 4.39 Å². The van der Waals surface area contributed by atoms with E-state index in [2.05, 4.69) is 18.9 Å². The second-order valence-electron chi connectivity index (χ2n) is 4.03. The Bertz CT molecular complexity index is 364. The highest BCUT2D eigenvalue weighted by atomic mass is 19.1. The smallest absolute Gasteiger partial charge is 0.127 e. The lowest BCUT2D eigenvalue weighted by Gasteiger charge is -2.08. The third-order valence-corrected chi connectivity index (χ3v) is 2.08. The van der Waals surface area contributed by atoms with E-state index in [-0.39, 0.29) is 5.82 Å². The molecular formula is C12H17FN2O. The third kappa shape index (κ3) is 4.29. The molecule has 16 heavy (non-hydrogen) atoms. The number of nitrogens with zero attached hydrogens (tertiary/aromatic N) is 1. The van der Waals surface area contributed by atoms with Gasteiger partial charge in [0.15, 0.2) is 0 Å². The Morgan fingerprint density at radius 3 is 2.81 bits per heavy atom. The summed E-state index contributed by atoms with van der Waals surface area (Å²) in [6.07, 6.45) is 2.33. The monoisotopic (exact) mass is 224 g/mol. The molecule has 2 N–H and O–H groups in total. The maximum atomic E-state index is 13.2. The third-order valence-electron chi connectivity index (χ3n) is 2.08. The van der Waals surface area contributed by atoms with E-state index in [1.807, 2.05) is 0 Å². The summed E-state index contributed by atoms with van der Waals surface area (Å²) in [4.78, 5) is 0. The fourth-order valence-electron chi connectivity index (χ4n) is 1.24. The molecule has 0 saturated carbocycles. The molecule has 0 radical (unpaired) electrons. The van der Waals surface area contributed by atoms with Gasteiger partial charge < -0.3 is 10.6 Å². The van der Waals surface area contributed by atoms with Crippen LogP contribution in [0.1, 0.15) is 25.8 Å². The number of hydrazone groups is 1. The average Bonchev–Trinajstić information content (AvgIpc) is 2.16. The maximum absolute atomic E-state index is 13.2. The van der Waals surface area contributed by atoms with Crippen LogP contribution in [-0.2, 0) is 0 Å². The fraction of sp³-hybridized carbons (Fsp3) is 0.417.